The fraction of sp³-hybridized carbons (Fsp3) is 0.0667. The minimum Gasteiger partial charge on any atom is -0.358 e. The molecule has 5 nitrogen and oxygen atoms in total. The molecule has 3 heterocycles. The second-order valence-corrected chi connectivity index (χ2v) is 5.35. The van der Waals surface area contributed by atoms with Crippen LogP contribution < -0.4 is 5.32 Å². The van der Waals surface area contributed by atoms with Crippen LogP contribution in [0.15, 0.2) is 36.5 Å². The topological polar surface area (TPSA) is 58.5 Å². The van der Waals surface area contributed by atoms with E-state index < -0.39 is 0 Å². The zero-order chi connectivity index (χ0) is 15.3. The van der Waals surface area contributed by atoms with Gasteiger partial charge in [-0.3, -0.25) is 0 Å². The van der Waals surface area contributed by atoms with Crippen LogP contribution in [0.4, 0.5) is 16.0 Å². The standard InChI is InChI=1S/C15H11ClFN5/c1-22-11-4-2-3-8(17)13(11)21-15(22)19-10-7-18-9-5-6-12(16)20-14(9)10/h2-7,18H,1H3,(H,19,21). The number of nitrogens with one attached hydrogen (secondary N) is 2. The van der Waals surface area contributed by atoms with Crippen molar-refractivity contribution in [1.29, 1.82) is 0 Å². The van der Waals surface area contributed by atoms with Gasteiger partial charge in [-0.05, 0) is 24.3 Å². The summed E-state index contributed by atoms with van der Waals surface area (Å²) in [6, 6.07) is 8.45. The van der Waals surface area contributed by atoms with E-state index in [4.69, 9.17) is 11.6 Å². The summed E-state index contributed by atoms with van der Waals surface area (Å²) in [7, 11) is 1.83. The first-order valence-electron chi connectivity index (χ1n) is 6.65. The maximum Gasteiger partial charge on any atom is 0.208 e. The maximum atomic E-state index is 13.8. The molecule has 0 spiro atoms. The van der Waals surface area contributed by atoms with E-state index in [2.05, 4.69) is 20.3 Å². The minimum absolute atomic E-state index is 0.332. The first kappa shape index (κ1) is 13.1. The number of rotatable bonds is 2. The van der Waals surface area contributed by atoms with Gasteiger partial charge in [0.05, 0.1) is 16.7 Å². The molecule has 4 aromatic rings. The van der Waals surface area contributed by atoms with Gasteiger partial charge in [-0.1, -0.05) is 17.7 Å². The molecule has 0 unspecified atom stereocenters. The zero-order valence-corrected chi connectivity index (χ0v) is 12.3. The van der Waals surface area contributed by atoms with E-state index in [0.29, 0.717) is 27.7 Å². The van der Waals surface area contributed by atoms with Crippen molar-refractivity contribution in [2.75, 3.05) is 5.32 Å². The number of hydrogen-bond acceptors (Lipinski definition) is 3. The van der Waals surface area contributed by atoms with Gasteiger partial charge in [0.15, 0.2) is 5.82 Å². The molecule has 7 heteroatoms. The Morgan fingerprint density at radius 1 is 1.18 bits per heavy atom. The number of nitrogens with zero attached hydrogens (tertiary/aromatic N) is 3. The molecular formula is C15H11ClFN5. The van der Waals surface area contributed by atoms with Crippen LogP contribution in [0, 0.1) is 5.82 Å². The van der Waals surface area contributed by atoms with Crippen LogP contribution in [0.2, 0.25) is 5.15 Å². The number of fused-ring (bicyclic) bond motifs is 2. The number of aromatic amines is 1. The molecule has 0 bridgehead atoms. The minimum atomic E-state index is -0.346. The molecule has 0 radical (unpaired) electrons. The van der Waals surface area contributed by atoms with Crippen molar-refractivity contribution in [3.05, 3.63) is 47.5 Å². The molecule has 0 saturated heterocycles. The molecule has 22 heavy (non-hydrogen) atoms. The van der Waals surface area contributed by atoms with E-state index in [1.54, 1.807) is 22.9 Å². The van der Waals surface area contributed by atoms with Gasteiger partial charge >= 0.3 is 0 Å². The number of aromatic nitrogens is 4. The third kappa shape index (κ3) is 1.92. The smallest absolute Gasteiger partial charge is 0.208 e. The highest BCUT2D eigenvalue weighted by Gasteiger charge is 2.13. The Labute approximate surface area is 129 Å². The SMILES string of the molecule is Cn1c(Nc2c[nH]c3ccc(Cl)nc23)nc2c(F)cccc21. The fourth-order valence-corrected chi connectivity index (χ4v) is 2.63. The van der Waals surface area contributed by atoms with Gasteiger partial charge in [0, 0.05) is 13.2 Å². The molecular weight excluding hydrogens is 305 g/mol. The summed E-state index contributed by atoms with van der Waals surface area (Å²) in [5.41, 5.74) is 3.35. The number of pyridine rings is 1. The lowest BCUT2D eigenvalue weighted by atomic mass is 10.3. The molecule has 0 aliphatic carbocycles. The molecule has 0 atom stereocenters. The lowest BCUT2D eigenvalue weighted by Crippen LogP contribution is -1.98. The first-order chi connectivity index (χ1) is 10.6. The van der Waals surface area contributed by atoms with Crippen LogP contribution in [0.3, 0.4) is 0 Å². The van der Waals surface area contributed by atoms with Gasteiger partial charge in [0.25, 0.3) is 0 Å². The number of hydrogen-bond donors (Lipinski definition) is 2. The van der Waals surface area contributed by atoms with Crippen molar-refractivity contribution >= 4 is 45.3 Å². The normalized spacial score (nSPS) is 11.4. The molecule has 110 valence electrons. The van der Waals surface area contributed by atoms with Crippen LogP contribution in [0.1, 0.15) is 0 Å². The highest BCUT2D eigenvalue weighted by atomic mass is 35.5. The van der Waals surface area contributed by atoms with Crippen molar-refractivity contribution < 1.29 is 4.39 Å². The molecule has 0 amide bonds. The molecule has 1 aromatic carbocycles. The highest BCUT2D eigenvalue weighted by Crippen LogP contribution is 2.28. The van der Waals surface area contributed by atoms with Gasteiger partial charge in [0.1, 0.15) is 16.2 Å². The molecule has 0 aliphatic rings. The van der Waals surface area contributed by atoms with E-state index in [-0.39, 0.29) is 5.82 Å². The molecule has 0 saturated carbocycles. The van der Waals surface area contributed by atoms with Crippen LogP contribution in [-0.2, 0) is 7.05 Å². The van der Waals surface area contributed by atoms with Gasteiger partial charge in [-0.15, -0.1) is 0 Å². The number of benzene rings is 1. The van der Waals surface area contributed by atoms with Gasteiger partial charge < -0.3 is 14.9 Å². The Kier molecular flexibility index (Phi) is 2.80. The van der Waals surface area contributed by atoms with Crippen molar-refractivity contribution in [1.82, 2.24) is 19.5 Å². The quantitative estimate of drug-likeness (QED) is 0.550. The lowest BCUT2D eigenvalue weighted by molar-refractivity contribution is 0.637. The number of para-hydroxylation sites is 1. The maximum absolute atomic E-state index is 13.8. The molecule has 3 aromatic heterocycles. The van der Waals surface area contributed by atoms with E-state index in [1.807, 2.05) is 19.2 Å². The van der Waals surface area contributed by atoms with Gasteiger partial charge in [-0.2, -0.15) is 0 Å². The average molecular weight is 316 g/mol. The summed E-state index contributed by atoms with van der Waals surface area (Å²) in [6.45, 7) is 0. The summed E-state index contributed by atoms with van der Waals surface area (Å²) in [5.74, 6) is 0.184. The van der Waals surface area contributed by atoms with E-state index in [1.165, 1.54) is 6.07 Å². The number of aryl methyl sites for hydroxylation is 1. The first-order valence-corrected chi connectivity index (χ1v) is 7.03. The molecule has 0 fully saturated rings. The van der Waals surface area contributed by atoms with E-state index in [9.17, 15) is 4.39 Å². The second kappa shape index (κ2) is 4.71. The summed E-state index contributed by atoms with van der Waals surface area (Å²) in [5, 5.41) is 3.58. The third-order valence-corrected chi connectivity index (χ3v) is 3.81. The predicted molar refractivity (Wildman–Crippen MR) is 85.1 cm³/mol. The number of H-pyrrole nitrogens is 1. The molecule has 4 rings (SSSR count). The predicted octanol–water partition coefficient (Wildman–Crippen LogP) is 3.99. The molecule has 0 aliphatic heterocycles. The third-order valence-electron chi connectivity index (χ3n) is 3.60. The Morgan fingerprint density at radius 2 is 2.05 bits per heavy atom. The summed E-state index contributed by atoms with van der Waals surface area (Å²) >= 11 is 5.94. The fourth-order valence-electron chi connectivity index (χ4n) is 2.48. The van der Waals surface area contributed by atoms with Crippen LogP contribution in [-0.4, -0.2) is 19.5 Å². The van der Waals surface area contributed by atoms with Crippen molar-refractivity contribution in [3.63, 3.8) is 0 Å². The van der Waals surface area contributed by atoms with Crippen molar-refractivity contribution in [2.45, 2.75) is 0 Å². The monoisotopic (exact) mass is 315 g/mol. The highest BCUT2D eigenvalue weighted by molar-refractivity contribution is 6.29. The van der Waals surface area contributed by atoms with E-state index in [0.717, 1.165) is 11.2 Å². The van der Waals surface area contributed by atoms with E-state index >= 15 is 0 Å². The Bertz CT molecular complexity index is 1000. The Balaban J connectivity index is 1.84. The second-order valence-electron chi connectivity index (χ2n) is 4.96. The zero-order valence-electron chi connectivity index (χ0n) is 11.6. The Hall–Kier alpha value is -2.60. The van der Waals surface area contributed by atoms with Crippen molar-refractivity contribution in [2.24, 2.45) is 7.05 Å². The largest absolute Gasteiger partial charge is 0.358 e. The van der Waals surface area contributed by atoms with Crippen LogP contribution >= 0.6 is 11.6 Å². The Morgan fingerprint density at radius 3 is 2.86 bits per heavy atom. The van der Waals surface area contributed by atoms with Crippen LogP contribution in [0.5, 0.6) is 0 Å². The van der Waals surface area contributed by atoms with Crippen LogP contribution in [0.25, 0.3) is 22.1 Å². The van der Waals surface area contributed by atoms with Crippen molar-refractivity contribution in [3.8, 4) is 0 Å². The average Bonchev–Trinajstić information content (AvgIpc) is 3.04. The number of anilines is 2. The lowest BCUT2D eigenvalue weighted by Gasteiger charge is -2.04. The summed E-state index contributed by atoms with van der Waals surface area (Å²) < 4.78 is 15.6. The number of halogens is 2. The van der Waals surface area contributed by atoms with Gasteiger partial charge in [-0.25, -0.2) is 14.4 Å². The van der Waals surface area contributed by atoms with Gasteiger partial charge in [0.2, 0.25) is 5.95 Å². The summed E-state index contributed by atoms with van der Waals surface area (Å²) in [6.07, 6.45) is 1.78. The summed E-state index contributed by atoms with van der Waals surface area (Å²) in [4.78, 5) is 11.7. The molecule has 2 N–H and O–H groups in total. The number of imidazole rings is 1.